The third-order valence-corrected chi connectivity index (χ3v) is 5.12. The first-order valence-corrected chi connectivity index (χ1v) is 9.17. The molecular weight excluding hydrogens is 326 g/mol. The standard InChI is InChI=1S/C21H27N3O2/c1-16-11-23(13-18-3-5-20(6-4-18)21(26)15-25)12-17(2)24(16)14-19-7-9-22-10-8-19/h3-10,16-17,25H,11-15H2,1-2H3/t16-,17+. The second-order valence-corrected chi connectivity index (χ2v) is 7.20. The lowest BCUT2D eigenvalue weighted by atomic mass is 10.0. The third kappa shape index (κ3) is 4.55. The molecule has 26 heavy (non-hydrogen) atoms. The van der Waals surface area contributed by atoms with Crippen molar-refractivity contribution in [3.8, 4) is 0 Å². The lowest BCUT2D eigenvalue weighted by Crippen LogP contribution is -2.55. The molecule has 1 aliphatic heterocycles. The number of pyridine rings is 1. The maximum absolute atomic E-state index is 11.5. The van der Waals surface area contributed by atoms with Crippen LogP contribution in [0.1, 0.15) is 35.3 Å². The van der Waals surface area contributed by atoms with Crippen molar-refractivity contribution in [2.75, 3.05) is 19.7 Å². The van der Waals surface area contributed by atoms with Gasteiger partial charge in [0.05, 0.1) is 0 Å². The number of carbonyl (C=O) groups excluding carboxylic acids is 1. The summed E-state index contributed by atoms with van der Waals surface area (Å²) in [4.78, 5) is 20.6. The summed E-state index contributed by atoms with van der Waals surface area (Å²) in [7, 11) is 0. The fraction of sp³-hybridized carbons (Fsp3) is 0.429. The van der Waals surface area contributed by atoms with Crippen molar-refractivity contribution in [2.45, 2.75) is 39.0 Å². The average molecular weight is 353 g/mol. The van der Waals surface area contributed by atoms with Gasteiger partial charge >= 0.3 is 0 Å². The van der Waals surface area contributed by atoms with Gasteiger partial charge in [-0.1, -0.05) is 24.3 Å². The summed E-state index contributed by atoms with van der Waals surface area (Å²) in [6.07, 6.45) is 3.71. The Labute approximate surface area is 155 Å². The van der Waals surface area contributed by atoms with Crippen LogP contribution in [0.15, 0.2) is 48.8 Å². The van der Waals surface area contributed by atoms with Crippen LogP contribution >= 0.6 is 0 Å². The molecule has 2 heterocycles. The molecule has 1 fully saturated rings. The number of hydrogen-bond donors (Lipinski definition) is 1. The van der Waals surface area contributed by atoms with Crippen LogP contribution in [0, 0.1) is 0 Å². The van der Waals surface area contributed by atoms with Gasteiger partial charge < -0.3 is 5.11 Å². The van der Waals surface area contributed by atoms with Crippen molar-refractivity contribution in [1.29, 1.82) is 0 Å². The van der Waals surface area contributed by atoms with Crippen molar-refractivity contribution < 1.29 is 9.90 Å². The van der Waals surface area contributed by atoms with Crippen LogP contribution in [0.2, 0.25) is 0 Å². The minimum Gasteiger partial charge on any atom is -0.388 e. The second kappa shape index (κ2) is 8.54. The van der Waals surface area contributed by atoms with E-state index in [0.29, 0.717) is 17.6 Å². The predicted molar refractivity (Wildman–Crippen MR) is 102 cm³/mol. The van der Waals surface area contributed by atoms with Crippen molar-refractivity contribution in [2.24, 2.45) is 0 Å². The van der Waals surface area contributed by atoms with E-state index in [2.05, 4.69) is 40.8 Å². The van der Waals surface area contributed by atoms with Crippen molar-refractivity contribution in [1.82, 2.24) is 14.8 Å². The molecule has 5 nitrogen and oxygen atoms in total. The maximum atomic E-state index is 11.5. The van der Waals surface area contributed by atoms with E-state index in [1.165, 1.54) is 11.1 Å². The summed E-state index contributed by atoms with van der Waals surface area (Å²) in [6, 6.07) is 12.7. The predicted octanol–water partition coefficient (Wildman–Crippen LogP) is 2.35. The Morgan fingerprint density at radius 2 is 1.58 bits per heavy atom. The number of hydrogen-bond acceptors (Lipinski definition) is 5. The summed E-state index contributed by atoms with van der Waals surface area (Å²) >= 11 is 0. The van der Waals surface area contributed by atoms with Crippen LogP contribution < -0.4 is 0 Å². The third-order valence-electron chi connectivity index (χ3n) is 5.12. The number of Topliss-reactive ketones (excluding diaryl/α,β-unsaturated/α-hetero) is 1. The van der Waals surface area contributed by atoms with Gasteiger partial charge in [0.2, 0.25) is 0 Å². The number of aliphatic hydroxyl groups is 1. The van der Waals surface area contributed by atoms with Crippen LogP contribution in [0.5, 0.6) is 0 Å². The SMILES string of the molecule is C[C@@H]1CN(Cc2ccc(C(=O)CO)cc2)C[C@H](C)N1Cc1ccncc1. The quantitative estimate of drug-likeness (QED) is 0.808. The van der Waals surface area contributed by atoms with Crippen LogP contribution in [0.25, 0.3) is 0 Å². The van der Waals surface area contributed by atoms with Crippen molar-refractivity contribution >= 4 is 5.78 Å². The lowest BCUT2D eigenvalue weighted by Gasteiger charge is -2.44. The van der Waals surface area contributed by atoms with E-state index in [1.54, 1.807) is 12.1 Å². The number of nitrogens with zero attached hydrogens (tertiary/aromatic N) is 3. The Kier molecular flexibility index (Phi) is 6.14. The van der Waals surface area contributed by atoms with E-state index in [-0.39, 0.29) is 5.78 Å². The summed E-state index contributed by atoms with van der Waals surface area (Å²) in [5, 5.41) is 8.94. The Balaban J connectivity index is 1.59. The molecule has 1 N–H and O–H groups in total. The van der Waals surface area contributed by atoms with Gasteiger partial charge in [0, 0.05) is 56.2 Å². The van der Waals surface area contributed by atoms with Gasteiger partial charge in [-0.2, -0.15) is 0 Å². The highest BCUT2D eigenvalue weighted by atomic mass is 16.3. The number of piperazine rings is 1. The number of aromatic nitrogens is 1. The molecule has 138 valence electrons. The van der Waals surface area contributed by atoms with E-state index in [0.717, 1.165) is 26.2 Å². The summed E-state index contributed by atoms with van der Waals surface area (Å²) in [6.45, 7) is 8.01. The molecule has 1 aromatic heterocycles. The largest absolute Gasteiger partial charge is 0.388 e. The molecule has 0 bridgehead atoms. The Morgan fingerprint density at radius 3 is 2.15 bits per heavy atom. The molecule has 0 amide bonds. The number of carbonyl (C=O) groups is 1. The van der Waals surface area contributed by atoms with Gasteiger partial charge in [0.1, 0.15) is 6.61 Å². The molecule has 1 aliphatic rings. The van der Waals surface area contributed by atoms with Gasteiger partial charge in [-0.3, -0.25) is 19.6 Å². The molecule has 2 atom stereocenters. The molecule has 0 unspecified atom stereocenters. The van der Waals surface area contributed by atoms with Gasteiger partial charge in [-0.15, -0.1) is 0 Å². The molecule has 1 aromatic carbocycles. The van der Waals surface area contributed by atoms with Crippen LogP contribution in [0.3, 0.4) is 0 Å². The normalized spacial score (nSPS) is 21.7. The zero-order valence-corrected chi connectivity index (χ0v) is 15.5. The molecule has 0 aliphatic carbocycles. The molecule has 2 aromatic rings. The van der Waals surface area contributed by atoms with Gasteiger partial charge in [0.15, 0.2) is 5.78 Å². The zero-order chi connectivity index (χ0) is 18.5. The topological polar surface area (TPSA) is 56.7 Å². The molecule has 1 saturated heterocycles. The highest BCUT2D eigenvalue weighted by Crippen LogP contribution is 2.20. The minimum absolute atomic E-state index is 0.233. The van der Waals surface area contributed by atoms with Gasteiger partial charge in [-0.25, -0.2) is 0 Å². The fourth-order valence-electron chi connectivity index (χ4n) is 3.75. The maximum Gasteiger partial charge on any atom is 0.188 e. The van der Waals surface area contributed by atoms with E-state index in [1.807, 2.05) is 24.5 Å². The summed E-state index contributed by atoms with van der Waals surface area (Å²) in [5.74, 6) is -0.233. The number of aliphatic hydroxyl groups excluding tert-OH is 1. The molecule has 0 spiro atoms. The van der Waals surface area contributed by atoms with E-state index >= 15 is 0 Å². The first kappa shape index (κ1) is 18.7. The lowest BCUT2D eigenvalue weighted by molar-refractivity contribution is 0.0290. The smallest absolute Gasteiger partial charge is 0.188 e. The molecule has 3 rings (SSSR count). The molecular formula is C21H27N3O2. The van der Waals surface area contributed by atoms with Crippen molar-refractivity contribution in [3.05, 3.63) is 65.5 Å². The minimum atomic E-state index is -0.437. The van der Waals surface area contributed by atoms with Crippen molar-refractivity contribution in [3.63, 3.8) is 0 Å². The second-order valence-electron chi connectivity index (χ2n) is 7.20. The summed E-state index contributed by atoms with van der Waals surface area (Å²) in [5.41, 5.74) is 3.07. The fourth-order valence-corrected chi connectivity index (χ4v) is 3.75. The molecule has 5 heteroatoms. The number of rotatable bonds is 6. The van der Waals surface area contributed by atoms with Crippen LogP contribution in [-0.4, -0.2) is 57.5 Å². The molecule has 0 saturated carbocycles. The number of benzene rings is 1. The first-order valence-electron chi connectivity index (χ1n) is 9.17. The van der Waals surface area contributed by atoms with Gasteiger partial charge in [0.25, 0.3) is 0 Å². The zero-order valence-electron chi connectivity index (χ0n) is 15.5. The highest BCUT2D eigenvalue weighted by molar-refractivity contribution is 5.96. The highest BCUT2D eigenvalue weighted by Gasteiger charge is 2.29. The van der Waals surface area contributed by atoms with Crippen LogP contribution in [0.4, 0.5) is 0 Å². The number of ketones is 1. The monoisotopic (exact) mass is 353 g/mol. The average Bonchev–Trinajstić information content (AvgIpc) is 2.65. The Bertz CT molecular complexity index is 706. The van der Waals surface area contributed by atoms with E-state index < -0.39 is 6.61 Å². The van der Waals surface area contributed by atoms with Crippen LogP contribution in [-0.2, 0) is 13.1 Å². The van der Waals surface area contributed by atoms with Gasteiger partial charge in [-0.05, 0) is 37.1 Å². The Morgan fingerprint density at radius 1 is 1.00 bits per heavy atom. The first-order chi connectivity index (χ1) is 12.6. The van der Waals surface area contributed by atoms with E-state index in [9.17, 15) is 4.79 Å². The Hall–Kier alpha value is -2.08. The van der Waals surface area contributed by atoms with E-state index in [4.69, 9.17) is 5.11 Å². The molecule has 0 radical (unpaired) electrons. The summed E-state index contributed by atoms with van der Waals surface area (Å²) < 4.78 is 0.